The van der Waals surface area contributed by atoms with Crippen molar-refractivity contribution in [1.29, 1.82) is 0 Å². The van der Waals surface area contributed by atoms with E-state index in [4.69, 9.17) is 9.47 Å². The number of esters is 1. The normalized spacial score (nSPS) is 19.0. The van der Waals surface area contributed by atoms with E-state index in [1.54, 1.807) is 6.92 Å². The lowest BCUT2D eigenvalue weighted by atomic mass is 9.97. The van der Waals surface area contributed by atoms with Crippen molar-refractivity contribution >= 4 is 11.9 Å². The van der Waals surface area contributed by atoms with Crippen molar-refractivity contribution in [1.82, 2.24) is 5.32 Å². The number of amides is 1. The smallest absolute Gasteiger partial charge is 0.331 e. The minimum Gasteiger partial charge on any atom is -0.490 e. The van der Waals surface area contributed by atoms with Crippen molar-refractivity contribution in [3.63, 3.8) is 0 Å². The Morgan fingerprint density at radius 1 is 1.15 bits per heavy atom. The second kappa shape index (κ2) is 9.25. The van der Waals surface area contributed by atoms with Gasteiger partial charge in [0.2, 0.25) is 5.91 Å². The van der Waals surface area contributed by atoms with Crippen molar-refractivity contribution in [2.24, 2.45) is 0 Å². The van der Waals surface area contributed by atoms with Crippen LogP contribution in [0.5, 0.6) is 5.75 Å². The summed E-state index contributed by atoms with van der Waals surface area (Å²) in [7, 11) is 0. The van der Waals surface area contributed by atoms with Gasteiger partial charge in [0.25, 0.3) is 0 Å². The second-order valence-electron chi connectivity index (χ2n) is 7.73. The standard InChI is InChI=1S/C22H31NO4/c1-2-26-21(25)22(14-5-6-15-22)23-20(24)13-12-17-8-7-11-19(16-17)27-18-9-3-4-10-18/h7-8,11,16,18H,2-6,9-10,12-15H2,1H3,(H,23,24). The minimum atomic E-state index is -0.819. The van der Waals surface area contributed by atoms with Gasteiger partial charge >= 0.3 is 5.97 Å². The van der Waals surface area contributed by atoms with Crippen LogP contribution in [0.3, 0.4) is 0 Å². The van der Waals surface area contributed by atoms with Gasteiger partial charge in [-0.25, -0.2) is 4.79 Å². The fourth-order valence-electron chi connectivity index (χ4n) is 4.19. The summed E-state index contributed by atoms with van der Waals surface area (Å²) in [6, 6.07) is 8.01. The Labute approximate surface area is 161 Å². The number of hydrogen-bond donors (Lipinski definition) is 1. The molecule has 0 unspecified atom stereocenters. The molecule has 0 radical (unpaired) electrons. The predicted molar refractivity (Wildman–Crippen MR) is 104 cm³/mol. The van der Waals surface area contributed by atoms with Crippen molar-refractivity contribution < 1.29 is 19.1 Å². The van der Waals surface area contributed by atoms with Gasteiger partial charge in [0.05, 0.1) is 12.7 Å². The molecule has 0 saturated heterocycles. The molecule has 1 aromatic carbocycles. The molecule has 5 nitrogen and oxygen atoms in total. The van der Waals surface area contributed by atoms with Crippen molar-refractivity contribution in [3.8, 4) is 5.75 Å². The Bertz CT molecular complexity index is 645. The van der Waals surface area contributed by atoms with Crippen molar-refractivity contribution in [2.45, 2.75) is 82.8 Å². The molecular formula is C22H31NO4. The lowest BCUT2D eigenvalue weighted by Crippen LogP contribution is -2.53. The van der Waals surface area contributed by atoms with Crippen molar-refractivity contribution in [3.05, 3.63) is 29.8 Å². The number of carbonyl (C=O) groups is 2. The van der Waals surface area contributed by atoms with E-state index in [-0.39, 0.29) is 11.9 Å². The largest absolute Gasteiger partial charge is 0.490 e. The molecule has 1 N–H and O–H groups in total. The van der Waals surface area contributed by atoms with E-state index in [9.17, 15) is 9.59 Å². The summed E-state index contributed by atoms with van der Waals surface area (Å²) in [5, 5.41) is 2.98. The molecule has 3 rings (SSSR count). The first-order valence-corrected chi connectivity index (χ1v) is 10.4. The molecule has 0 bridgehead atoms. The summed E-state index contributed by atoms with van der Waals surface area (Å²) in [5.74, 6) is 0.508. The average molecular weight is 373 g/mol. The molecule has 27 heavy (non-hydrogen) atoms. The number of ether oxygens (including phenoxy) is 2. The third-order valence-electron chi connectivity index (χ3n) is 5.65. The highest BCUT2D eigenvalue weighted by molar-refractivity contribution is 5.88. The van der Waals surface area contributed by atoms with E-state index >= 15 is 0 Å². The highest BCUT2D eigenvalue weighted by Gasteiger charge is 2.43. The van der Waals surface area contributed by atoms with Crippen molar-refractivity contribution in [2.75, 3.05) is 6.61 Å². The third-order valence-corrected chi connectivity index (χ3v) is 5.65. The molecule has 1 amide bonds. The Balaban J connectivity index is 1.53. The van der Waals surface area contributed by atoms with E-state index in [1.165, 1.54) is 12.8 Å². The highest BCUT2D eigenvalue weighted by atomic mass is 16.5. The lowest BCUT2D eigenvalue weighted by molar-refractivity contribution is -0.153. The summed E-state index contributed by atoms with van der Waals surface area (Å²) < 4.78 is 11.2. The SMILES string of the molecule is CCOC(=O)C1(NC(=O)CCc2cccc(OC3CCCC3)c2)CCCC1. The van der Waals surface area contributed by atoms with Crippen LogP contribution in [0.2, 0.25) is 0 Å². The van der Waals surface area contributed by atoms with E-state index in [0.717, 1.165) is 37.0 Å². The maximum atomic E-state index is 12.5. The molecule has 148 valence electrons. The minimum absolute atomic E-state index is 0.0907. The monoisotopic (exact) mass is 373 g/mol. The fraction of sp³-hybridized carbons (Fsp3) is 0.636. The Morgan fingerprint density at radius 2 is 1.89 bits per heavy atom. The van der Waals surface area contributed by atoms with Crippen LogP contribution >= 0.6 is 0 Å². The average Bonchev–Trinajstić information content (AvgIpc) is 3.33. The number of rotatable bonds is 8. The second-order valence-corrected chi connectivity index (χ2v) is 7.73. The molecule has 2 fully saturated rings. The molecule has 1 aromatic rings. The van der Waals surface area contributed by atoms with Gasteiger partial charge in [0.1, 0.15) is 11.3 Å². The van der Waals surface area contributed by atoms with Crippen LogP contribution in [-0.4, -0.2) is 30.1 Å². The van der Waals surface area contributed by atoms with Gasteiger partial charge in [0, 0.05) is 6.42 Å². The number of aryl methyl sites for hydroxylation is 1. The molecule has 0 atom stereocenters. The number of hydrogen-bond acceptors (Lipinski definition) is 4. The molecule has 5 heteroatoms. The Hall–Kier alpha value is -2.04. The maximum absolute atomic E-state index is 12.5. The van der Waals surface area contributed by atoms with E-state index in [0.29, 0.717) is 38.4 Å². The van der Waals surface area contributed by atoms with E-state index in [1.807, 2.05) is 24.3 Å². The van der Waals surface area contributed by atoms with Gasteiger partial charge < -0.3 is 14.8 Å². The Kier molecular flexibility index (Phi) is 6.75. The molecule has 2 aliphatic rings. The van der Waals surface area contributed by atoms with Crippen LogP contribution in [0.15, 0.2) is 24.3 Å². The van der Waals surface area contributed by atoms with Gasteiger partial charge in [-0.05, 0) is 69.6 Å². The van der Waals surface area contributed by atoms with Crippen LogP contribution in [0.4, 0.5) is 0 Å². The van der Waals surface area contributed by atoms with Crippen LogP contribution in [0, 0.1) is 0 Å². The molecule has 0 heterocycles. The molecule has 2 aliphatic carbocycles. The third kappa shape index (κ3) is 5.24. The maximum Gasteiger partial charge on any atom is 0.331 e. The summed E-state index contributed by atoms with van der Waals surface area (Å²) >= 11 is 0. The van der Waals surface area contributed by atoms with Crippen LogP contribution in [-0.2, 0) is 20.7 Å². The zero-order valence-corrected chi connectivity index (χ0v) is 16.3. The van der Waals surface area contributed by atoms with Gasteiger partial charge in [-0.2, -0.15) is 0 Å². The van der Waals surface area contributed by atoms with Crippen LogP contribution in [0.25, 0.3) is 0 Å². The van der Waals surface area contributed by atoms with E-state index in [2.05, 4.69) is 5.32 Å². The van der Waals surface area contributed by atoms with Gasteiger partial charge in [-0.3, -0.25) is 4.79 Å². The highest BCUT2D eigenvalue weighted by Crippen LogP contribution is 2.31. The number of benzene rings is 1. The summed E-state index contributed by atoms with van der Waals surface area (Å²) in [4.78, 5) is 24.8. The van der Waals surface area contributed by atoms with Gasteiger partial charge in [0.15, 0.2) is 0 Å². The molecular weight excluding hydrogens is 342 g/mol. The van der Waals surface area contributed by atoms with Crippen LogP contribution in [0.1, 0.15) is 70.3 Å². The van der Waals surface area contributed by atoms with Gasteiger partial charge in [-0.15, -0.1) is 0 Å². The first kappa shape index (κ1) is 19.7. The zero-order chi connectivity index (χ0) is 19.1. The summed E-state index contributed by atoms with van der Waals surface area (Å²) in [6.45, 7) is 2.13. The lowest BCUT2D eigenvalue weighted by Gasteiger charge is -2.27. The zero-order valence-electron chi connectivity index (χ0n) is 16.3. The molecule has 0 aliphatic heterocycles. The van der Waals surface area contributed by atoms with E-state index < -0.39 is 5.54 Å². The molecule has 0 spiro atoms. The number of nitrogens with one attached hydrogen (secondary N) is 1. The predicted octanol–water partition coefficient (Wildman–Crippen LogP) is 3.93. The molecule has 2 saturated carbocycles. The summed E-state index contributed by atoms with van der Waals surface area (Å²) in [5.41, 5.74) is 0.262. The fourth-order valence-corrected chi connectivity index (χ4v) is 4.19. The first-order valence-electron chi connectivity index (χ1n) is 10.4. The molecule has 0 aromatic heterocycles. The van der Waals surface area contributed by atoms with Gasteiger partial charge in [-0.1, -0.05) is 25.0 Å². The Morgan fingerprint density at radius 3 is 2.59 bits per heavy atom. The first-order chi connectivity index (χ1) is 13.1. The van der Waals surface area contributed by atoms with Crippen LogP contribution < -0.4 is 10.1 Å². The topological polar surface area (TPSA) is 64.6 Å². The number of carbonyl (C=O) groups excluding carboxylic acids is 2. The summed E-state index contributed by atoms with van der Waals surface area (Å²) in [6.07, 6.45) is 9.28. The quantitative estimate of drug-likeness (QED) is 0.701.